The van der Waals surface area contributed by atoms with Gasteiger partial charge in [0.1, 0.15) is 11.8 Å². The van der Waals surface area contributed by atoms with E-state index < -0.39 is 6.17 Å². The second kappa shape index (κ2) is 7.11. The first-order valence-electron chi connectivity index (χ1n) is 10.6. The number of nitrogens with zero attached hydrogens (tertiary/aromatic N) is 4. The highest BCUT2D eigenvalue weighted by molar-refractivity contribution is 6.00. The van der Waals surface area contributed by atoms with Gasteiger partial charge in [-0.2, -0.15) is 5.10 Å². The minimum atomic E-state index is -1.13. The molecule has 30 heavy (non-hydrogen) atoms. The molecule has 3 aromatic rings. The summed E-state index contributed by atoms with van der Waals surface area (Å²) in [5.41, 5.74) is 5.98. The number of aryl methyl sites for hydroxylation is 1. The Morgan fingerprint density at radius 2 is 2.03 bits per heavy atom. The topological polar surface area (TPSA) is 78.8 Å². The number of hydrogen-bond donors (Lipinski definition) is 2. The number of pyridine rings is 1. The molecule has 8 heteroatoms. The van der Waals surface area contributed by atoms with Crippen LogP contribution in [0.25, 0.3) is 22.2 Å². The second-order valence-corrected chi connectivity index (χ2v) is 8.59. The number of likely N-dealkylation sites (tertiary alicyclic amines) is 1. The van der Waals surface area contributed by atoms with Crippen LogP contribution in [0.1, 0.15) is 43.5 Å². The van der Waals surface area contributed by atoms with Crippen LogP contribution in [-0.4, -0.2) is 55.9 Å². The lowest BCUT2D eigenvalue weighted by atomic mass is 10.0. The van der Waals surface area contributed by atoms with E-state index in [1.807, 2.05) is 25.5 Å². The summed E-state index contributed by atoms with van der Waals surface area (Å²) in [5, 5.41) is 9.35. The first-order valence-corrected chi connectivity index (χ1v) is 10.6. The molecule has 2 N–H and O–H groups in total. The van der Waals surface area contributed by atoms with E-state index in [-0.39, 0.29) is 18.5 Å². The fourth-order valence-electron chi connectivity index (χ4n) is 4.52. The van der Waals surface area contributed by atoms with E-state index in [1.54, 1.807) is 9.58 Å². The zero-order valence-electron chi connectivity index (χ0n) is 17.6. The molecule has 2 atom stereocenters. The van der Waals surface area contributed by atoms with Crippen LogP contribution in [0, 0.1) is 13.8 Å². The van der Waals surface area contributed by atoms with Gasteiger partial charge in [-0.05, 0) is 38.7 Å². The number of carbonyl (C=O) groups is 1. The molecule has 7 nitrogen and oxygen atoms in total. The number of aromatic nitrogens is 4. The third-order valence-corrected chi connectivity index (χ3v) is 6.43. The molecule has 0 radical (unpaired) electrons. The zero-order chi connectivity index (χ0) is 21.0. The van der Waals surface area contributed by atoms with Crippen molar-refractivity contribution in [2.24, 2.45) is 0 Å². The molecule has 0 unspecified atom stereocenters. The Morgan fingerprint density at radius 1 is 1.23 bits per heavy atom. The molecule has 1 aliphatic heterocycles. The SMILES string of the molecule is CC(=O)N1CC[C@H](n2ncc(-c3cnc4[nH]cc(C)c4c3NC3CC3)c2C)[C@@H](F)C1. The number of nitrogens with one attached hydrogen (secondary N) is 2. The second-order valence-electron chi connectivity index (χ2n) is 8.59. The van der Waals surface area contributed by atoms with Crippen LogP contribution < -0.4 is 5.32 Å². The highest BCUT2D eigenvalue weighted by Gasteiger charge is 2.34. The number of fused-ring (bicyclic) bond motifs is 1. The number of amides is 1. The van der Waals surface area contributed by atoms with Crippen molar-refractivity contribution in [3.8, 4) is 11.1 Å². The van der Waals surface area contributed by atoms with Gasteiger partial charge < -0.3 is 15.2 Å². The van der Waals surface area contributed by atoms with Crippen molar-refractivity contribution in [1.82, 2.24) is 24.6 Å². The van der Waals surface area contributed by atoms with Crippen molar-refractivity contribution in [1.29, 1.82) is 0 Å². The predicted molar refractivity (Wildman–Crippen MR) is 114 cm³/mol. The number of H-pyrrole nitrogens is 1. The average molecular weight is 410 g/mol. The molecular formula is C22H27FN6O. The van der Waals surface area contributed by atoms with Crippen molar-refractivity contribution >= 4 is 22.6 Å². The normalized spacial score (nSPS) is 21.9. The number of alkyl halides is 1. The molecule has 1 saturated heterocycles. The summed E-state index contributed by atoms with van der Waals surface area (Å²) in [5.74, 6) is -0.0778. The number of anilines is 1. The third-order valence-electron chi connectivity index (χ3n) is 6.43. The smallest absolute Gasteiger partial charge is 0.219 e. The Balaban J connectivity index is 1.53. The summed E-state index contributed by atoms with van der Waals surface area (Å²) in [6.45, 7) is 6.24. The molecular weight excluding hydrogens is 383 g/mol. The van der Waals surface area contributed by atoms with Crippen LogP contribution in [0.4, 0.5) is 10.1 Å². The van der Waals surface area contributed by atoms with Gasteiger partial charge in [-0.25, -0.2) is 9.37 Å². The van der Waals surface area contributed by atoms with E-state index in [9.17, 15) is 9.18 Å². The molecule has 1 saturated carbocycles. The van der Waals surface area contributed by atoms with Crippen LogP contribution in [-0.2, 0) is 4.79 Å². The van der Waals surface area contributed by atoms with Gasteiger partial charge in [0.25, 0.3) is 0 Å². The monoisotopic (exact) mass is 410 g/mol. The first-order chi connectivity index (χ1) is 14.4. The van der Waals surface area contributed by atoms with Gasteiger partial charge >= 0.3 is 0 Å². The van der Waals surface area contributed by atoms with E-state index in [4.69, 9.17) is 0 Å². The number of piperidine rings is 1. The zero-order valence-corrected chi connectivity index (χ0v) is 17.6. The first kappa shape index (κ1) is 19.1. The Labute approximate surface area is 174 Å². The van der Waals surface area contributed by atoms with Gasteiger partial charge in [0, 0.05) is 54.1 Å². The number of hydrogen-bond acceptors (Lipinski definition) is 4. The van der Waals surface area contributed by atoms with Crippen molar-refractivity contribution in [2.75, 3.05) is 18.4 Å². The fourth-order valence-corrected chi connectivity index (χ4v) is 4.52. The van der Waals surface area contributed by atoms with Crippen molar-refractivity contribution in [3.63, 3.8) is 0 Å². The predicted octanol–water partition coefficient (Wildman–Crippen LogP) is 3.75. The molecule has 0 spiro atoms. The Bertz CT molecular complexity index is 1110. The van der Waals surface area contributed by atoms with Gasteiger partial charge in [0.2, 0.25) is 5.91 Å². The van der Waals surface area contributed by atoms with Crippen molar-refractivity contribution < 1.29 is 9.18 Å². The van der Waals surface area contributed by atoms with Gasteiger partial charge in [0.05, 0.1) is 24.5 Å². The standard InChI is InChI=1S/C22H27FN6O/c1-12-8-24-22-20(12)21(27-15-4-5-15)17(9-25-22)16-10-26-29(13(16)2)19-6-7-28(14(3)30)11-18(19)23/h8-10,15,18-19H,4-7,11H2,1-3H3,(H2,24,25,27)/t18-,19-/m0/s1. The molecule has 4 heterocycles. The van der Waals surface area contributed by atoms with Gasteiger partial charge in [-0.3, -0.25) is 9.48 Å². The molecule has 0 aromatic carbocycles. The van der Waals surface area contributed by atoms with E-state index in [2.05, 4.69) is 27.3 Å². The van der Waals surface area contributed by atoms with Gasteiger partial charge in [-0.1, -0.05) is 0 Å². The van der Waals surface area contributed by atoms with E-state index in [0.29, 0.717) is 19.0 Å². The molecule has 5 rings (SSSR count). The number of halogens is 1. The van der Waals surface area contributed by atoms with E-state index in [0.717, 1.165) is 39.1 Å². The van der Waals surface area contributed by atoms with Gasteiger partial charge in [-0.15, -0.1) is 0 Å². The van der Waals surface area contributed by atoms with E-state index >= 15 is 0 Å². The number of carbonyl (C=O) groups excluding carboxylic acids is 1. The minimum absolute atomic E-state index is 0.0778. The fraction of sp³-hybridized carbons (Fsp3) is 0.500. The number of rotatable bonds is 4. The average Bonchev–Trinajstić information content (AvgIpc) is 3.35. The lowest BCUT2D eigenvalue weighted by Crippen LogP contribution is -2.45. The van der Waals surface area contributed by atoms with Crippen LogP contribution in [0.15, 0.2) is 18.6 Å². The largest absolute Gasteiger partial charge is 0.381 e. The molecule has 1 aliphatic carbocycles. The quantitative estimate of drug-likeness (QED) is 0.687. The molecule has 2 fully saturated rings. The summed E-state index contributed by atoms with van der Waals surface area (Å²) in [6, 6.07) is 0.130. The highest BCUT2D eigenvalue weighted by atomic mass is 19.1. The van der Waals surface area contributed by atoms with Crippen LogP contribution in [0.5, 0.6) is 0 Å². The molecule has 3 aromatic heterocycles. The Hall–Kier alpha value is -2.90. The Morgan fingerprint density at radius 3 is 2.73 bits per heavy atom. The van der Waals surface area contributed by atoms with E-state index in [1.165, 1.54) is 19.8 Å². The molecule has 2 aliphatic rings. The molecule has 158 valence electrons. The van der Waals surface area contributed by atoms with Crippen molar-refractivity contribution in [2.45, 2.75) is 58.3 Å². The van der Waals surface area contributed by atoms with Gasteiger partial charge in [0.15, 0.2) is 0 Å². The van der Waals surface area contributed by atoms with Crippen LogP contribution >= 0.6 is 0 Å². The van der Waals surface area contributed by atoms with Crippen molar-refractivity contribution in [3.05, 3.63) is 29.8 Å². The Kier molecular flexibility index (Phi) is 4.52. The van der Waals surface area contributed by atoms with Crippen LogP contribution in [0.2, 0.25) is 0 Å². The number of aromatic amines is 1. The summed E-state index contributed by atoms with van der Waals surface area (Å²) in [4.78, 5) is 21.0. The maximum atomic E-state index is 14.9. The molecule has 0 bridgehead atoms. The maximum absolute atomic E-state index is 14.9. The summed E-state index contributed by atoms with van der Waals surface area (Å²) >= 11 is 0. The summed E-state index contributed by atoms with van der Waals surface area (Å²) in [7, 11) is 0. The summed E-state index contributed by atoms with van der Waals surface area (Å²) < 4.78 is 16.7. The van der Waals surface area contributed by atoms with Crippen LogP contribution in [0.3, 0.4) is 0 Å². The maximum Gasteiger partial charge on any atom is 0.219 e. The minimum Gasteiger partial charge on any atom is -0.381 e. The molecule has 1 amide bonds. The lowest BCUT2D eigenvalue weighted by molar-refractivity contribution is -0.131. The summed E-state index contributed by atoms with van der Waals surface area (Å²) in [6.07, 6.45) is 7.44. The third kappa shape index (κ3) is 3.14. The lowest BCUT2D eigenvalue weighted by Gasteiger charge is -2.34. The highest BCUT2D eigenvalue weighted by Crippen LogP contribution is 2.40.